The summed E-state index contributed by atoms with van der Waals surface area (Å²) in [5.41, 5.74) is 4.20. The Hall–Kier alpha value is -2.97. The second kappa shape index (κ2) is 9.45. The summed E-state index contributed by atoms with van der Waals surface area (Å²) in [6.07, 6.45) is 2.46. The summed E-state index contributed by atoms with van der Waals surface area (Å²) in [5.74, 6) is -0.394. The third kappa shape index (κ3) is 5.03. The first-order valence-corrected chi connectivity index (χ1v) is 11.7. The lowest BCUT2D eigenvalue weighted by atomic mass is 10.0. The third-order valence-corrected chi connectivity index (χ3v) is 6.19. The van der Waals surface area contributed by atoms with Crippen LogP contribution in [0.15, 0.2) is 53.4 Å². The van der Waals surface area contributed by atoms with E-state index in [0.717, 1.165) is 36.2 Å². The molecule has 1 aromatic heterocycles. The van der Waals surface area contributed by atoms with E-state index in [-0.39, 0.29) is 4.90 Å². The van der Waals surface area contributed by atoms with Crippen molar-refractivity contribution < 1.29 is 17.9 Å². The van der Waals surface area contributed by atoms with Gasteiger partial charge in [-0.15, -0.1) is 0 Å². The van der Waals surface area contributed by atoms with E-state index in [1.807, 2.05) is 35.9 Å². The molecular weight excluding hydrogens is 414 g/mol. The number of carbonyl (C=O) groups excluding carboxylic acids is 1. The Balaban J connectivity index is 1.93. The molecule has 1 heterocycles. The van der Waals surface area contributed by atoms with Crippen molar-refractivity contribution in [3.63, 3.8) is 0 Å². The van der Waals surface area contributed by atoms with Gasteiger partial charge in [0.05, 0.1) is 23.4 Å². The molecule has 7 nitrogen and oxygen atoms in total. The normalized spacial score (nSPS) is 11.5. The molecule has 0 saturated heterocycles. The van der Waals surface area contributed by atoms with E-state index in [1.165, 1.54) is 13.2 Å². The average Bonchev–Trinajstić information content (AvgIpc) is 3.06. The largest absolute Gasteiger partial charge is 0.465 e. The maximum atomic E-state index is 12.4. The highest BCUT2D eigenvalue weighted by Crippen LogP contribution is 2.27. The molecule has 2 aromatic carbocycles. The number of hydrogen-bond acceptors (Lipinski definition) is 5. The maximum Gasteiger partial charge on any atom is 0.341 e. The highest BCUT2D eigenvalue weighted by atomic mass is 32.2. The van der Waals surface area contributed by atoms with Crippen LogP contribution in [0.4, 0.5) is 0 Å². The number of rotatable bonds is 8. The van der Waals surface area contributed by atoms with Crippen LogP contribution in [0, 0.1) is 6.92 Å². The van der Waals surface area contributed by atoms with Crippen molar-refractivity contribution in [2.45, 2.75) is 44.6 Å². The van der Waals surface area contributed by atoms with Gasteiger partial charge in [0.15, 0.2) is 0 Å². The van der Waals surface area contributed by atoms with Crippen molar-refractivity contribution >= 4 is 16.0 Å². The lowest BCUT2D eigenvalue weighted by Gasteiger charge is -2.09. The van der Waals surface area contributed by atoms with Gasteiger partial charge in [0.2, 0.25) is 10.0 Å². The standard InChI is InChI=1S/C23H27N3O4S/c1-4-5-14-26-16(2)22(23(27)30-3)20(25-26)15-17-10-12-18(13-11-17)19-8-6-7-9-21(19)31(24,28)29/h6-13H,4-5,14-15H2,1-3H3,(H2,24,28,29). The van der Waals surface area contributed by atoms with Crippen molar-refractivity contribution in [2.75, 3.05) is 7.11 Å². The Labute approximate surface area is 182 Å². The fraction of sp³-hybridized carbons (Fsp3) is 0.304. The molecule has 0 unspecified atom stereocenters. The lowest BCUT2D eigenvalue weighted by Crippen LogP contribution is -2.13. The van der Waals surface area contributed by atoms with Gasteiger partial charge in [-0.3, -0.25) is 4.68 Å². The Morgan fingerprint density at radius 3 is 2.42 bits per heavy atom. The van der Waals surface area contributed by atoms with Crippen LogP contribution in [0.3, 0.4) is 0 Å². The molecule has 164 valence electrons. The molecule has 31 heavy (non-hydrogen) atoms. The Bertz CT molecular complexity index is 1180. The smallest absolute Gasteiger partial charge is 0.341 e. The molecule has 0 amide bonds. The summed E-state index contributed by atoms with van der Waals surface area (Å²) in [4.78, 5) is 12.4. The first-order chi connectivity index (χ1) is 14.8. The van der Waals surface area contributed by atoms with Crippen LogP contribution in [0.5, 0.6) is 0 Å². The summed E-state index contributed by atoms with van der Waals surface area (Å²) in [6.45, 7) is 4.73. The molecule has 0 atom stereocenters. The first kappa shape index (κ1) is 22.7. The summed E-state index contributed by atoms with van der Waals surface area (Å²) < 4.78 is 30.6. The molecule has 0 bridgehead atoms. The van der Waals surface area contributed by atoms with E-state index in [1.54, 1.807) is 18.2 Å². The second-order valence-electron chi connectivity index (χ2n) is 7.39. The summed E-state index contributed by atoms with van der Waals surface area (Å²) in [5, 5.41) is 10.0. The molecule has 3 aromatic rings. The molecule has 0 aliphatic rings. The lowest BCUT2D eigenvalue weighted by molar-refractivity contribution is 0.0598. The summed E-state index contributed by atoms with van der Waals surface area (Å²) in [7, 11) is -2.46. The molecule has 2 N–H and O–H groups in total. The monoisotopic (exact) mass is 441 g/mol. The Kier molecular flexibility index (Phi) is 6.92. The van der Waals surface area contributed by atoms with Crippen LogP contribution in [-0.2, 0) is 27.7 Å². The zero-order valence-corrected chi connectivity index (χ0v) is 18.8. The van der Waals surface area contributed by atoms with Crippen molar-refractivity contribution in [1.82, 2.24) is 9.78 Å². The minimum Gasteiger partial charge on any atom is -0.465 e. The van der Waals surface area contributed by atoms with E-state index in [4.69, 9.17) is 9.88 Å². The zero-order valence-electron chi connectivity index (χ0n) is 18.0. The summed E-state index contributed by atoms with van der Waals surface area (Å²) >= 11 is 0. The van der Waals surface area contributed by atoms with Gasteiger partial charge in [0.25, 0.3) is 0 Å². The average molecular weight is 442 g/mol. The van der Waals surface area contributed by atoms with Crippen LogP contribution in [0.25, 0.3) is 11.1 Å². The molecular formula is C23H27N3O4S. The van der Waals surface area contributed by atoms with Crippen molar-refractivity contribution in [2.24, 2.45) is 5.14 Å². The predicted molar refractivity (Wildman–Crippen MR) is 119 cm³/mol. The molecule has 0 fully saturated rings. The van der Waals surface area contributed by atoms with Gasteiger partial charge >= 0.3 is 5.97 Å². The van der Waals surface area contributed by atoms with Crippen molar-refractivity contribution in [1.29, 1.82) is 0 Å². The number of nitrogens with two attached hydrogens (primary N) is 1. The van der Waals surface area contributed by atoms with Gasteiger partial charge in [-0.1, -0.05) is 55.8 Å². The van der Waals surface area contributed by atoms with E-state index in [9.17, 15) is 13.2 Å². The highest BCUT2D eigenvalue weighted by Gasteiger charge is 2.22. The SMILES string of the molecule is CCCCn1nc(Cc2ccc(-c3ccccc3S(N)(=O)=O)cc2)c(C(=O)OC)c1C. The van der Waals surface area contributed by atoms with E-state index in [2.05, 4.69) is 12.0 Å². The zero-order chi connectivity index (χ0) is 22.6. The van der Waals surface area contributed by atoms with Crippen LogP contribution < -0.4 is 5.14 Å². The number of aryl methyl sites for hydroxylation is 1. The fourth-order valence-corrected chi connectivity index (χ4v) is 4.33. The molecule has 3 rings (SSSR count). The van der Waals surface area contributed by atoms with E-state index >= 15 is 0 Å². The molecule has 0 spiro atoms. The Morgan fingerprint density at radius 1 is 1.13 bits per heavy atom. The summed E-state index contributed by atoms with van der Waals surface area (Å²) in [6, 6.07) is 14.1. The van der Waals surface area contributed by atoms with Crippen LogP contribution in [0.1, 0.15) is 47.1 Å². The fourth-order valence-electron chi connectivity index (χ4n) is 3.57. The number of nitrogens with zero attached hydrogens (tertiary/aromatic N) is 2. The predicted octanol–water partition coefficient (Wildman–Crippen LogP) is 3.68. The minimum atomic E-state index is -3.83. The van der Waals surface area contributed by atoms with Gasteiger partial charge in [-0.25, -0.2) is 18.4 Å². The number of ether oxygens (including phenoxy) is 1. The van der Waals surface area contributed by atoms with Gasteiger partial charge in [-0.2, -0.15) is 5.10 Å². The second-order valence-corrected chi connectivity index (χ2v) is 8.92. The number of aromatic nitrogens is 2. The van der Waals surface area contributed by atoms with Crippen molar-refractivity contribution in [3.05, 3.63) is 71.0 Å². The van der Waals surface area contributed by atoms with Crippen molar-refractivity contribution in [3.8, 4) is 11.1 Å². The minimum absolute atomic E-state index is 0.0843. The topological polar surface area (TPSA) is 104 Å². The van der Waals surface area contributed by atoms with Crippen LogP contribution in [0.2, 0.25) is 0 Å². The highest BCUT2D eigenvalue weighted by molar-refractivity contribution is 7.89. The first-order valence-electron chi connectivity index (χ1n) is 10.1. The van der Waals surface area contributed by atoms with Gasteiger partial charge in [0, 0.05) is 18.5 Å². The number of sulfonamides is 1. The molecule has 8 heteroatoms. The van der Waals surface area contributed by atoms with Gasteiger partial charge in [-0.05, 0) is 30.5 Å². The third-order valence-electron chi connectivity index (χ3n) is 5.22. The molecule has 0 saturated carbocycles. The molecule has 0 radical (unpaired) electrons. The number of carbonyl (C=O) groups is 1. The number of methoxy groups -OCH3 is 1. The number of esters is 1. The van der Waals surface area contributed by atoms with Crippen LogP contribution >= 0.6 is 0 Å². The number of hydrogen-bond donors (Lipinski definition) is 1. The maximum absolute atomic E-state index is 12.4. The van der Waals surface area contributed by atoms with Crippen LogP contribution in [-0.4, -0.2) is 31.3 Å². The molecule has 0 aliphatic carbocycles. The number of unbranched alkanes of at least 4 members (excludes halogenated alkanes) is 1. The Morgan fingerprint density at radius 2 is 1.81 bits per heavy atom. The van der Waals surface area contributed by atoms with E-state index in [0.29, 0.717) is 23.2 Å². The van der Waals surface area contributed by atoms with E-state index < -0.39 is 16.0 Å². The number of benzene rings is 2. The quantitative estimate of drug-likeness (QED) is 0.537. The van der Waals surface area contributed by atoms with Gasteiger partial charge < -0.3 is 4.74 Å². The molecule has 0 aliphatic heterocycles. The van der Waals surface area contributed by atoms with Gasteiger partial charge in [0.1, 0.15) is 5.56 Å². The number of primary sulfonamides is 1.